The number of hydrogen-bond acceptors (Lipinski definition) is 3. The van der Waals surface area contributed by atoms with E-state index in [9.17, 15) is 9.18 Å². The fraction of sp³-hybridized carbons (Fsp3) is 0.462. The fourth-order valence-corrected chi connectivity index (χ4v) is 2.32. The highest BCUT2D eigenvalue weighted by Gasteiger charge is 2.38. The van der Waals surface area contributed by atoms with Gasteiger partial charge < -0.3 is 11.5 Å². The van der Waals surface area contributed by atoms with Crippen LogP contribution in [0.25, 0.3) is 0 Å². The van der Waals surface area contributed by atoms with Crippen molar-refractivity contribution in [1.82, 2.24) is 4.90 Å². The van der Waals surface area contributed by atoms with Crippen LogP contribution in [0.2, 0.25) is 0 Å². The molecule has 1 saturated heterocycles. The minimum absolute atomic E-state index is 0.155. The molecule has 18 heavy (non-hydrogen) atoms. The van der Waals surface area contributed by atoms with Crippen molar-refractivity contribution in [2.75, 3.05) is 18.8 Å². The Balaban J connectivity index is 2.03. The number of hydrogen-bond donors (Lipinski definition) is 2. The molecule has 4 N–H and O–H groups in total. The van der Waals surface area contributed by atoms with E-state index in [1.807, 2.05) is 6.92 Å². The van der Waals surface area contributed by atoms with Crippen LogP contribution in [0.1, 0.15) is 18.9 Å². The predicted molar refractivity (Wildman–Crippen MR) is 68.0 cm³/mol. The van der Waals surface area contributed by atoms with E-state index in [1.165, 1.54) is 6.07 Å². The molecule has 5 heteroatoms. The summed E-state index contributed by atoms with van der Waals surface area (Å²) in [5.41, 5.74) is 11.4. The van der Waals surface area contributed by atoms with Crippen molar-refractivity contribution in [2.45, 2.75) is 19.9 Å². The number of nitrogens with zero attached hydrogens (tertiary/aromatic N) is 1. The van der Waals surface area contributed by atoms with E-state index >= 15 is 0 Å². The maximum atomic E-state index is 13.3. The number of nitrogens with two attached hydrogens (primary N) is 2. The first kappa shape index (κ1) is 12.8. The molecule has 1 heterocycles. The first-order valence-corrected chi connectivity index (χ1v) is 5.97. The Kier molecular flexibility index (Phi) is 3.26. The number of carbonyl (C=O) groups excluding carboxylic acids is 1. The van der Waals surface area contributed by atoms with Crippen LogP contribution >= 0.6 is 0 Å². The molecule has 1 aromatic rings. The second kappa shape index (κ2) is 4.57. The third kappa shape index (κ3) is 2.46. The van der Waals surface area contributed by atoms with E-state index in [4.69, 9.17) is 11.5 Å². The lowest BCUT2D eigenvalue weighted by Gasteiger charge is -2.21. The summed E-state index contributed by atoms with van der Waals surface area (Å²) in [6.07, 6.45) is 0.750. The van der Waals surface area contributed by atoms with Gasteiger partial charge >= 0.3 is 0 Å². The summed E-state index contributed by atoms with van der Waals surface area (Å²) in [5.74, 6) is -0.669. The quantitative estimate of drug-likeness (QED) is 0.790. The number of rotatable bonds is 3. The fourth-order valence-electron chi connectivity index (χ4n) is 2.32. The van der Waals surface area contributed by atoms with E-state index in [2.05, 4.69) is 4.90 Å². The predicted octanol–water partition coefficient (Wildman–Crippen LogP) is 1.11. The topological polar surface area (TPSA) is 72.4 Å². The normalized spacial score (nSPS) is 24.3. The Hall–Kier alpha value is -1.62. The molecule has 1 atom stereocenters. The lowest BCUT2D eigenvalue weighted by atomic mass is 9.89. The maximum Gasteiger partial charge on any atom is 0.224 e. The van der Waals surface area contributed by atoms with Crippen molar-refractivity contribution < 1.29 is 9.18 Å². The highest BCUT2D eigenvalue weighted by Crippen LogP contribution is 2.30. The summed E-state index contributed by atoms with van der Waals surface area (Å²) in [4.78, 5) is 13.4. The molecule has 1 aliphatic rings. The van der Waals surface area contributed by atoms with Gasteiger partial charge in [-0.05, 0) is 37.6 Å². The van der Waals surface area contributed by atoms with Gasteiger partial charge in [-0.15, -0.1) is 0 Å². The van der Waals surface area contributed by atoms with Crippen molar-refractivity contribution in [3.05, 3.63) is 29.6 Å². The van der Waals surface area contributed by atoms with Crippen molar-refractivity contribution in [1.29, 1.82) is 0 Å². The van der Waals surface area contributed by atoms with Gasteiger partial charge in [-0.1, -0.05) is 6.07 Å². The van der Waals surface area contributed by atoms with Gasteiger partial charge in [0.1, 0.15) is 5.82 Å². The van der Waals surface area contributed by atoms with Crippen LogP contribution in [0.4, 0.5) is 10.1 Å². The summed E-state index contributed by atoms with van der Waals surface area (Å²) in [5, 5.41) is 0. The Bertz CT molecular complexity index is 477. The Morgan fingerprint density at radius 1 is 1.56 bits per heavy atom. The Morgan fingerprint density at radius 2 is 2.28 bits per heavy atom. The van der Waals surface area contributed by atoms with Gasteiger partial charge in [-0.3, -0.25) is 9.69 Å². The van der Waals surface area contributed by atoms with E-state index in [0.29, 0.717) is 13.1 Å². The number of likely N-dealkylation sites (tertiary alicyclic amines) is 1. The highest BCUT2D eigenvalue weighted by atomic mass is 19.1. The molecule has 1 aliphatic heterocycles. The molecule has 0 aromatic heterocycles. The molecular weight excluding hydrogens is 233 g/mol. The van der Waals surface area contributed by atoms with Gasteiger partial charge in [0, 0.05) is 13.1 Å². The molecule has 2 rings (SSSR count). The van der Waals surface area contributed by atoms with Gasteiger partial charge in [0.15, 0.2) is 0 Å². The van der Waals surface area contributed by atoms with Crippen molar-refractivity contribution in [3.63, 3.8) is 0 Å². The summed E-state index contributed by atoms with van der Waals surface area (Å²) < 4.78 is 13.3. The molecule has 1 fully saturated rings. The third-order valence-electron chi connectivity index (χ3n) is 3.62. The van der Waals surface area contributed by atoms with Gasteiger partial charge in [0.05, 0.1) is 11.1 Å². The zero-order valence-electron chi connectivity index (χ0n) is 10.4. The number of benzene rings is 1. The van der Waals surface area contributed by atoms with Crippen LogP contribution in [0, 0.1) is 11.2 Å². The standard InChI is InChI=1S/C13H18FN3O/c1-13(12(16)18)4-5-17(8-13)7-9-2-3-11(15)10(14)6-9/h2-3,6H,4-5,7-8,15H2,1H3,(H2,16,18). The number of nitrogen functional groups attached to an aromatic ring is 1. The second-order valence-corrected chi connectivity index (χ2v) is 5.24. The second-order valence-electron chi connectivity index (χ2n) is 5.24. The Labute approximate surface area is 106 Å². The molecule has 98 valence electrons. The molecule has 0 radical (unpaired) electrons. The van der Waals surface area contributed by atoms with Crippen LogP contribution in [0.5, 0.6) is 0 Å². The average Bonchev–Trinajstić information content (AvgIpc) is 2.67. The van der Waals surface area contributed by atoms with Gasteiger partial charge in [-0.2, -0.15) is 0 Å². The molecule has 0 saturated carbocycles. The van der Waals surface area contributed by atoms with Crippen LogP contribution in [-0.2, 0) is 11.3 Å². The SMILES string of the molecule is CC1(C(N)=O)CCN(Cc2ccc(N)c(F)c2)C1. The molecule has 4 nitrogen and oxygen atoms in total. The summed E-state index contributed by atoms with van der Waals surface area (Å²) >= 11 is 0. The van der Waals surface area contributed by atoms with Crippen molar-refractivity contribution >= 4 is 11.6 Å². The van der Waals surface area contributed by atoms with Crippen LogP contribution in [0.15, 0.2) is 18.2 Å². The van der Waals surface area contributed by atoms with Gasteiger partial charge in [0.25, 0.3) is 0 Å². The van der Waals surface area contributed by atoms with E-state index in [0.717, 1.165) is 18.5 Å². The Morgan fingerprint density at radius 3 is 2.83 bits per heavy atom. The first-order valence-electron chi connectivity index (χ1n) is 5.97. The van der Waals surface area contributed by atoms with E-state index in [-0.39, 0.29) is 11.6 Å². The first-order chi connectivity index (χ1) is 8.40. The van der Waals surface area contributed by atoms with Crippen molar-refractivity contribution in [2.24, 2.45) is 11.1 Å². The zero-order chi connectivity index (χ0) is 13.3. The number of primary amides is 1. The number of anilines is 1. The maximum absolute atomic E-state index is 13.3. The lowest BCUT2D eigenvalue weighted by molar-refractivity contribution is -0.126. The molecule has 1 unspecified atom stereocenters. The smallest absolute Gasteiger partial charge is 0.224 e. The molecular formula is C13H18FN3O. The summed E-state index contributed by atoms with van der Waals surface area (Å²) in [7, 11) is 0. The number of halogens is 1. The number of carbonyl (C=O) groups is 1. The largest absolute Gasteiger partial charge is 0.396 e. The van der Waals surface area contributed by atoms with E-state index < -0.39 is 11.2 Å². The highest BCUT2D eigenvalue weighted by molar-refractivity contribution is 5.81. The monoisotopic (exact) mass is 251 g/mol. The zero-order valence-corrected chi connectivity index (χ0v) is 10.4. The average molecular weight is 251 g/mol. The molecule has 1 amide bonds. The van der Waals surface area contributed by atoms with Crippen LogP contribution in [-0.4, -0.2) is 23.9 Å². The van der Waals surface area contributed by atoms with Crippen molar-refractivity contribution in [3.8, 4) is 0 Å². The molecule has 0 spiro atoms. The van der Waals surface area contributed by atoms with Crippen LogP contribution in [0.3, 0.4) is 0 Å². The molecule has 1 aromatic carbocycles. The number of amides is 1. The molecule has 0 bridgehead atoms. The van der Waals surface area contributed by atoms with Gasteiger partial charge in [-0.25, -0.2) is 4.39 Å². The third-order valence-corrected chi connectivity index (χ3v) is 3.62. The summed E-state index contributed by atoms with van der Waals surface area (Å²) in [6, 6.07) is 4.81. The minimum Gasteiger partial charge on any atom is -0.396 e. The molecule has 0 aliphatic carbocycles. The van der Waals surface area contributed by atoms with E-state index in [1.54, 1.807) is 12.1 Å². The van der Waals surface area contributed by atoms with Crippen LogP contribution < -0.4 is 11.5 Å². The van der Waals surface area contributed by atoms with Gasteiger partial charge in [0.2, 0.25) is 5.91 Å². The lowest BCUT2D eigenvalue weighted by Crippen LogP contribution is -2.36. The summed E-state index contributed by atoms with van der Waals surface area (Å²) in [6.45, 7) is 3.90. The minimum atomic E-state index is -0.466.